The number of rotatable bonds is 6. The zero-order valence-electron chi connectivity index (χ0n) is 23.5. The summed E-state index contributed by atoms with van der Waals surface area (Å²) in [6.45, 7) is 13.7. The van der Waals surface area contributed by atoms with Crippen molar-refractivity contribution in [2.45, 2.75) is 41.5 Å². The molecule has 0 aliphatic heterocycles. The lowest BCUT2D eigenvalue weighted by atomic mass is 9.55. The lowest BCUT2D eigenvalue weighted by molar-refractivity contribution is 1.34. The first-order valence-electron chi connectivity index (χ1n) is 13.7. The molecule has 0 bridgehead atoms. The zero-order chi connectivity index (χ0) is 26.9. The average Bonchev–Trinajstić information content (AvgIpc) is 2.90. The monoisotopic (exact) mass is 508 g/mol. The second kappa shape index (κ2) is 10.6. The Morgan fingerprint density at radius 3 is 0.921 bits per heavy atom. The van der Waals surface area contributed by atoms with Gasteiger partial charge in [0.1, 0.15) is 7.94 Å². The van der Waals surface area contributed by atoms with Crippen LogP contribution in [-0.4, -0.2) is 14.2 Å². The van der Waals surface area contributed by atoms with Gasteiger partial charge in [0.15, 0.2) is 0 Å². The van der Waals surface area contributed by atoms with E-state index in [0.717, 1.165) is 0 Å². The van der Waals surface area contributed by atoms with Crippen molar-refractivity contribution in [3.05, 3.63) is 149 Å². The molecular formula is C36H37BSi. The molecule has 38 heavy (non-hydrogen) atoms. The van der Waals surface area contributed by atoms with Gasteiger partial charge in [0.05, 0.1) is 0 Å². The van der Waals surface area contributed by atoms with Crippen LogP contribution in [0.5, 0.6) is 0 Å². The summed E-state index contributed by atoms with van der Waals surface area (Å²) in [5, 5.41) is 4.34. The number of hydrogen-bond acceptors (Lipinski definition) is 0. The van der Waals surface area contributed by atoms with Crippen LogP contribution in [-0.2, 0) is 0 Å². The summed E-state index contributed by atoms with van der Waals surface area (Å²) in [5.41, 5.74) is 11.1. The van der Waals surface area contributed by atoms with E-state index in [4.69, 9.17) is 0 Å². The summed E-state index contributed by atoms with van der Waals surface area (Å²) in [5.74, 6) is 0. The smallest absolute Gasteiger partial charge is 0.0701 e. The molecule has 0 atom stereocenters. The van der Waals surface area contributed by atoms with E-state index in [0.29, 0.717) is 0 Å². The Bertz CT molecular complexity index is 1360. The molecular weight excluding hydrogens is 471 g/mol. The maximum atomic E-state index is 2.39. The first-order valence-corrected chi connectivity index (χ1v) is 15.7. The van der Waals surface area contributed by atoms with Crippen LogP contribution < -0.4 is 26.5 Å². The molecule has 0 nitrogen and oxygen atoms in total. The van der Waals surface area contributed by atoms with Crippen molar-refractivity contribution in [2.24, 2.45) is 0 Å². The Morgan fingerprint density at radius 1 is 0.395 bits per heavy atom. The molecule has 0 saturated heterocycles. The van der Waals surface area contributed by atoms with Crippen LogP contribution in [0.25, 0.3) is 0 Å². The Hall–Kier alpha value is -3.62. The van der Waals surface area contributed by atoms with Gasteiger partial charge in [0.25, 0.3) is 0 Å². The fourth-order valence-corrected chi connectivity index (χ4v) is 12.9. The Kier molecular flexibility index (Phi) is 7.28. The van der Waals surface area contributed by atoms with E-state index in [2.05, 4.69) is 157 Å². The first-order chi connectivity index (χ1) is 18.3. The summed E-state index contributed by atoms with van der Waals surface area (Å²) in [7, 11) is -2.70. The van der Waals surface area contributed by atoms with E-state index in [-0.39, 0.29) is 6.31 Å². The largest absolute Gasteiger partial charge is 0.219 e. The van der Waals surface area contributed by atoms with Gasteiger partial charge >= 0.3 is 0 Å². The van der Waals surface area contributed by atoms with Crippen molar-refractivity contribution in [1.82, 2.24) is 0 Å². The van der Waals surface area contributed by atoms with Gasteiger partial charge in [-0.1, -0.05) is 175 Å². The fourth-order valence-electron chi connectivity index (χ4n) is 6.97. The SMILES string of the molecule is Cc1cc(C)c(B(c2c(C)cc(C)cc2C)[Si](c2ccccc2)(c2ccccc2)c2ccccc2)c(C)c1. The molecule has 2 heteroatoms. The minimum atomic E-state index is -2.70. The van der Waals surface area contributed by atoms with Gasteiger partial charge in [-0.05, 0) is 41.5 Å². The molecule has 5 aromatic carbocycles. The van der Waals surface area contributed by atoms with E-state index in [9.17, 15) is 0 Å². The standard InChI is InChI=1S/C36H37BSi/c1-26-22-28(3)35(29(4)23-26)37(36-30(5)24-27(2)25-31(36)6)38(32-16-10-7-11-17-32,33-18-12-8-13-19-33)34-20-14-9-15-21-34/h7-25H,1-6H3. The molecule has 0 heterocycles. The molecule has 0 aliphatic carbocycles. The third kappa shape index (κ3) is 4.48. The van der Waals surface area contributed by atoms with Crippen molar-refractivity contribution in [2.75, 3.05) is 0 Å². The van der Waals surface area contributed by atoms with Crippen LogP contribution in [0.3, 0.4) is 0 Å². The second-order valence-corrected chi connectivity index (χ2v) is 14.9. The maximum Gasteiger partial charge on any atom is 0.219 e. The Morgan fingerprint density at radius 2 is 0.658 bits per heavy atom. The van der Waals surface area contributed by atoms with Gasteiger partial charge < -0.3 is 0 Å². The topological polar surface area (TPSA) is 0 Å². The van der Waals surface area contributed by atoms with Gasteiger partial charge in [0, 0.05) is 0 Å². The molecule has 5 aromatic rings. The maximum absolute atomic E-state index is 2.70. The highest BCUT2D eigenvalue weighted by molar-refractivity contribution is 7.56. The van der Waals surface area contributed by atoms with Crippen LogP contribution in [0.15, 0.2) is 115 Å². The highest BCUT2D eigenvalue weighted by atomic mass is 28.3. The molecule has 5 rings (SSSR count). The number of aryl methyl sites for hydroxylation is 6. The molecule has 0 amide bonds. The van der Waals surface area contributed by atoms with Crippen LogP contribution in [0.2, 0.25) is 0 Å². The summed E-state index contributed by atoms with van der Waals surface area (Å²) in [6, 6.07) is 43.7. The zero-order valence-corrected chi connectivity index (χ0v) is 24.5. The number of benzene rings is 5. The molecule has 0 aromatic heterocycles. The van der Waals surface area contributed by atoms with E-state index in [1.54, 1.807) is 0 Å². The quantitative estimate of drug-likeness (QED) is 0.213. The molecule has 0 N–H and O–H groups in total. The lowest BCUT2D eigenvalue weighted by Gasteiger charge is -2.42. The minimum Gasteiger partial charge on any atom is -0.0701 e. The average molecular weight is 509 g/mol. The van der Waals surface area contributed by atoms with Crippen LogP contribution in [0.4, 0.5) is 0 Å². The Balaban J connectivity index is 2.05. The van der Waals surface area contributed by atoms with E-state index in [1.165, 1.54) is 59.9 Å². The van der Waals surface area contributed by atoms with Gasteiger partial charge in [-0.15, -0.1) is 0 Å². The summed E-state index contributed by atoms with van der Waals surface area (Å²) < 4.78 is 0. The van der Waals surface area contributed by atoms with Gasteiger partial charge in [0.2, 0.25) is 6.31 Å². The van der Waals surface area contributed by atoms with E-state index >= 15 is 0 Å². The highest BCUT2D eigenvalue weighted by Gasteiger charge is 2.51. The lowest BCUT2D eigenvalue weighted by Crippen LogP contribution is -2.83. The van der Waals surface area contributed by atoms with Gasteiger partial charge in [-0.25, -0.2) is 0 Å². The normalized spacial score (nSPS) is 11.4. The van der Waals surface area contributed by atoms with Crippen molar-refractivity contribution < 1.29 is 0 Å². The van der Waals surface area contributed by atoms with Crippen LogP contribution >= 0.6 is 0 Å². The molecule has 0 saturated carbocycles. The van der Waals surface area contributed by atoms with Crippen molar-refractivity contribution in [1.29, 1.82) is 0 Å². The predicted molar refractivity (Wildman–Crippen MR) is 170 cm³/mol. The number of hydrogen-bond donors (Lipinski definition) is 0. The molecule has 0 aliphatic rings. The Labute approximate surface area is 230 Å². The van der Waals surface area contributed by atoms with E-state index in [1.807, 2.05) is 0 Å². The minimum absolute atomic E-state index is 0.205. The van der Waals surface area contributed by atoms with Crippen LogP contribution in [0.1, 0.15) is 33.4 Å². The summed E-state index contributed by atoms with van der Waals surface area (Å²) >= 11 is 0. The molecule has 0 unspecified atom stereocenters. The predicted octanol–water partition coefficient (Wildman–Crippen LogP) is 5.39. The fraction of sp³-hybridized carbons (Fsp3) is 0.167. The third-order valence-electron chi connectivity index (χ3n) is 8.17. The van der Waals surface area contributed by atoms with Crippen LogP contribution in [0, 0.1) is 41.5 Å². The molecule has 0 spiro atoms. The van der Waals surface area contributed by atoms with Crippen molar-refractivity contribution in [3.8, 4) is 0 Å². The van der Waals surface area contributed by atoms with Crippen molar-refractivity contribution in [3.63, 3.8) is 0 Å². The first kappa shape index (κ1) is 26.0. The molecule has 0 fully saturated rings. The highest BCUT2D eigenvalue weighted by Crippen LogP contribution is 2.20. The van der Waals surface area contributed by atoms with E-state index < -0.39 is 7.94 Å². The summed E-state index contributed by atoms with van der Waals surface area (Å²) in [4.78, 5) is 0. The molecule has 188 valence electrons. The van der Waals surface area contributed by atoms with Gasteiger partial charge in [-0.3, -0.25) is 0 Å². The molecule has 0 radical (unpaired) electrons. The van der Waals surface area contributed by atoms with Gasteiger partial charge in [-0.2, -0.15) is 0 Å². The van der Waals surface area contributed by atoms with Crippen molar-refractivity contribution >= 4 is 40.7 Å². The third-order valence-corrected chi connectivity index (χ3v) is 13.3. The second-order valence-electron chi connectivity index (χ2n) is 11.0. The summed E-state index contributed by atoms with van der Waals surface area (Å²) in [6.07, 6.45) is 0.205.